The Hall–Kier alpha value is -2.62. The monoisotopic (exact) mass is 507 g/mol. The summed E-state index contributed by atoms with van der Waals surface area (Å²) in [6.45, 7) is 4.99. The number of ether oxygens (including phenoxy) is 1. The second-order valence-electron chi connectivity index (χ2n) is 11.3. The first kappa shape index (κ1) is 26.4. The topological polar surface area (TPSA) is 133 Å². The highest BCUT2D eigenvalue weighted by Gasteiger charge is 2.71. The van der Waals surface area contributed by atoms with Gasteiger partial charge >= 0.3 is 5.97 Å². The van der Waals surface area contributed by atoms with E-state index in [4.69, 9.17) is 4.74 Å². The lowest BCUT2D eigenvalue weighted by molar-refractivity contribution is -0.757. The molecule has 3 unspecified atom stereocenters. The number of alkyl halides is 1. The minimum Gasteiger partial charge on any atom is -0.458 e. The van der Waals surface area contributed by atoms with Crippen LogP contribution in [0.15, 0.2) is 23.8 Å². The number of allylic oxidation sites excluding steroid dienone is 4. The van der Waals surface area contributed by atoms with Crippen molar-refractivity contribution < 1.29 is 38.5 Å². The minimum absolute atomic E-state index is 0.0811. The average Bonchev–Trinajstić information content (AvgIpc) is 3.06. The lowest BCUT2D eigenvalue weighted by Crippen LogP contribution is -2.66. The van der Waals surface area contributed by atoms with Crippen molar-refractivity contribution in [3.63, 3.8) is 0 Å². The van der Waals surface area contributed by atoms with Gasteiger partial charge in [-0.3, -0.25) is 14.4 Å². The molecule has 0 aromatic rings. The molecule has 0 heterocycles. The molecule has 198 valence electrons. The Bertz CT molecular complexity index is 1030. The highest BCUT2D eigenvalue weighted by molar-refractivity contribution is 6.01. The highest BCUT2D eigenvalue weighted by Crippen LogP contribution is 2.69. The molecule has 10 heteroatoms. The summed E-state index contributed by atoms with van der Waals surface area (Å²) in [7, 11) is 0. The standard InChI is InChI=1S/C26H34FNO8/c1-15-11-19-18-7-6-16-12-17(29)8-9-25(16,3)26(18,27)21(31)13-24(19,2)23(15)20(30)14-35-22(32)5-4-10-36-28(33)34/h8-9,12,15,18-19,21,23,31H,4-7,10-11,13-14H2,1-3H3/t15-,18?,19?,21-,23?,24+,25-,26-/m0/s1. The fourth-order valence-electron chi connectivity index (χ4n) is 7.93. The number of halogens is 1. The zero-order valence-electron chi connectivity index (χ0n) is 20.9. The van der Waals surface area contributed by atoms with Gasteiger partial charge in [0.15, 0.2) is 17.2 Å². The average molecular weight is 508 g/mol. The molecule has 4 rings (SSSR count). The third-order valence-electron chi connectivity index (χ3n) is 9.43. The quantitative estimate of drug-likeness (QED) is 0.229. The van der Waals surface area contributed by atoms with Gasteiger partial charge in [-0.15, -0.1) is 10.1 Å². The molecule has 1 N–H and O–H groups in total. The van der Waals surface area contributed by atoms with E-state index < -0.39 is 52.1 Å². The summed E-state index contributed by atoms with van der Waals surface area (Å²) in [4.78, 5) is 51.6. The lowest BCUT2D eigenvalue weighted by Gasteiger charge is -2.61. The van der Waals surface area contributed by atoms with E-state index in [-0.39, 0.29) is 49.3 Å². The van der Waals surface area contributed by atoms with Gasteiger partial charge in [-0.25, -0.2) is 4.39 Å². The van der Waals surface area contributed by atoms with Crippen molar-refractivity contribution in [3.8, 4) is 0 Å². The summed E-state index contributed by atoms with van der Waals surface area (Å²) in [5.41, 5.74) is -2.97. The van der Waals surface area contributed by atoms with Gasteiger partial charge in [0.2, 0.25) is 0 Å². The first-order valence-electron chi connectivity index (χ1n) is 12.6. The second kappa shape index (κ2) is 9.36. The zero-order valence-corrected chi connectivity index (χ0v) is 20.9. The number of nitrogens with zero attached hydrogens (tertiary/aromatic N) is 1. The van der Waals surface area contributed by atoms with Crippen LogP contribution in [0.2, 0.25) is 0 Å². The SMILES string of the molecule is C[C@H]1CC2C3CCC4=CC(=O)C=C[C@]4(C)[C@@]3(F)[C@@H](O)C[C@@]2(C)C1C(=O)COC(=O)CCCO[N+](=O)[O-]. The number of ketones is 2. The summed E-state index contributed by atoms with van der Waals surface area (Å²) < 4.78 is 22.3. The van der Waals surface area contributed by atoms with E-state index in [0.29, 0.717) is 24.8 Å². The number of Topliss-reactive ketones (excluding diaryl/α,β-unsaturated/α-hetero) is 1. The lowest BCUT2D eigenvalue weighted by atomic mass is 9.45. The maximum Gasteiger partial charge on any atom is 0.306 e. The molecule has 0 amide bonds. The number of aliphatic hydroxyl groups is 1. The van der Waals surface area contributed by atoms with Crippen LogP contribution in [-0.4, -0.2) is 52.7 Å². The Labute approximate surface area is 209 Å². The Morgan fingerprint density at radius 2 is 2.03 bits per heavy atom. The summed E-state index contributed by atoms with van der Waals surface area (Å²) >= 11 is 0. The van der Waals surface area contributed by atoms with Crippen molar-refractivity contribution in [2.45, 2.75) is 71.1 Å². The minimum atomic E-state index is -1.95. The van der Waals surface area contributed by atoms with Crippen LogP contribution >= 0.6 is 0 Å². The van der Waals surface area contributed by atoms with Crippen molar-refractivity contribution in [1.29, 1.82) is 0 Å². The Balaban J connectivity index is 1.49. The molecule has 0 aromatic carbocycles. The van der Waals surface area contributed by atoms with Crippen LogP contribution < -0.4 is 0 Å². The molecule has 3 fully saturated rings. The summed E-state index contributed by atoms with van der Waals surface area (Å²) in [5, 5.41) is 20.6. The Morgan fingerprint density at radius 3 is 2.72 bits per heavy atom. The number of esters is 1. The third kappa shape index (κ3) is 4.07. The zero-order chi connectivity index (χ0) is 26.5. The van der Waals surface area contributed by atoms with Crippen LogP contribution in [0.5, 0.6) is 0 Å². The van der Waals surface area contributed by atoms with Gasteiger partial charge in [0.25, 0.3) is 5.09 Å². The molecular formula is C26H34FNO8. The number of carbonyl (C=O) groups excluding carboxylic acids is 3. The Morgan fingerprint density at radius 1 is 1.31 bits per heavy atom. The number of aliphatic hydroxyl groups excluding tert-OH is 1. The molecular weight excluding hydrogens is 473 g/mol. The van der Waals surface area contributed by atoms with Crippen molar-refractivity contribution >= 4 is 17.5 Å². The molecule has 0 saturated heterocycles. The molecule has 9 nitrogen and oxygen atoms in total. The van der Waals surface area contributed by atoms with E-state index in [1.807, 2.05) is 13.8 Å². The Kier molecular flexibility index (Phi) is 6.87. The molecule has 0 radical (unpaired) electrons. The van der Waals surface area contributed by atoms with Gasteiger partial charge in [0, 0.05) is 23.7 Å². The van der Waals surface area contributed by atoms with Crippen LogP contribution in [0.25, 0.3) is 0 Å². The largest absolute Gasteiger partial charge is 0.458 e. The number of rotatable bonds is 8. The van der Waals surface area contributed by atoms with Gasteiger partial charge in [0.1, 0.15) is 6.61 Å². The molecule has 4 aliphatic rings. The van der Waals surface area contributed by atoms with E-state index in [1.165, 1.54) is 12.2 Å². The van der Waals surface area contributed by atoms with Gasteiger partial charge in [-0.1, -0.05) is 25.5 Å². The molecule has 0 aromatic heterocycles. The fraction of sp³-hybridized carbons (Fsp3) is 0.731. The third-order valence-corrected chi connectivity index (χ3v) is 9.43. The number of fused-ring (bicyclic) bond motifs is 5. The van der Waals surface area contributed by atoms with Gasteiger partial charge in [0.05, 0.1) is 12.7 Å². The number of hydrogen-bond donors (Lipinski definition) is 1. The van der Waals surface area contributed by atoms with Crippen molar-refractivity contribution in [2.24, 2.45) is 34.5 Å². The van der Waals surface area contributed by atoms with Crippen molar-refractivity contribution in [2.75, 3.05) is 13.2 Å². The van der Waals surface area contributed by atoms with E-state index in [2.05, 4.69) is 4.84 Å². The number of hydrogen-bond acceptors (Lipinski definition) is 8. The second-order valence-corrected chi connectivity index (χ2v) is 11.3. The highest BCUT2D eigenvalue weighted by atomic mass is 19.1. The van der Waals surface area contributed by atoms with Crippen molar-refractivity contribution in [3.05, 3.63) is 33.9 Å². The summed E-state index contributed by atoms with van der Waals surface area (Å²) in [5.74, 6) is -2.27. The van der Waals surface area contributed by atoms with Gasteiger partial charge in [-0.2, -0.15) is 0 Å². The molecule has 3 saturated carbocycles. The fourth-order valence-corrected chi connectivity index (χ4v) is 7.93. The van der Waals surface area contributed by atoms with Gasteiger partial charge in [-0.05, 0) is 68.4 Å². The first-order valence-corrected chi connectivity index (χ1v) is 12.6. The van der Waals surface area contributed by atoms with Gasteiger partial charge < -0.3 is 14.7 Å². The smallest absolute Gasteiger partial charge is 0.306 e. The molecule has 0 aliphatic heterocycles. The normalized spacial score (nSPS) is 41.0. The first-order chi connectivity index (χ1) is 16.8. The van der Waals surface area contributed by atoms with Crippen LogP contribution in [0, 0.1) is 44.6 Å². The number of carbonyl (C=O) groups is 3. The molecule has 36 heavy (non-hydrogen) atoms. The summed E-state index contributed by atoms with van der Waals surface area (Å²) in [6, 6.07) is 0. The van der Waals surface area contributed by atoms with E-state index >= 15 is 4.39 Å². The van der Waals surface area contributed by atoms with Crippen LogP contribution in [0.4, 0.5) is 4.39 Å². The van der Waals surface area contributed by atoms with E-state index in [0.717, 1.165) is 0 Å². The van der Waals surface area contributed by atoms with E-state index in [9.17, 15) is 29.6 Å². The maximum atomic E-state index is 17.1. The molecule has 4 aliphatic carbocycles. The predicted molar refractivity (Wildman–Crippen MR) is 125 cm³/mol. The van der Waals surface area contributed by atoms with Crippen LogP contribution in [0.3, 0.4) is 0 Å². The predicted octanol–water partition coefficient (Wildman–Crippen LogP) is 3.32. The van der Waals surface area contributed by atoms with Crippen molar-refractivity contribution in [1.82, 2.24) is 0 Å². The molecule has 0 spiro atoms. The summed E-state index contributed by atoms with van der Waals surface area (Å²) in [6.07, 6.45) is 4.93. The maximum absolute atomic E-state index is 17.1. The van der Waals surface area contributed by atoms with E-state index in [1.54, 1.807) is 13.0 Å². The molecule has 8 atom stereocenters. The van der Waals surface area contributed by atoms with Crippen LogP contribution in [0.1, 0.15) is 59.3 Å². The van der Waals surface area contributed by atoms with Crippen LogP contribution in [-0.2, 0) is 24.0 Å². The molecule has 0 bridgehead atoms.